The van der Waals surface area contributed by atoms with E-state index in [1.54, 1.807) is 0 Å². The number of benzene rings is 1. The van der Waals surface area contributed by atoms with Crippen LogP contribution in [0.1, 0.15) is 31.0 Å². The van der Waals surface area contributed by atoms with Crippen molar-refractivity contribution in [3.63, 3.8) is 0 Å². The average molecular weight is 262 g/mol. The van der Waals surface area contributed by atoms with Gasteiger partial charge in [-0.3, -0.25) is 4.90 Å². The molecule has 19 heavy (non-hydrogen) atoms. The lowest BCUT2D eigenvalue weighted by Gasteiger charge is -2.39. The summed E-state index contributed by atoms with van der Waals surface area (Å²) in [5, 5.41) is 3.42. The van der Waals surface area contributed by atoms with Gasteiger partial charge >= 0.3 is 0 Å². The lowest BCUT2D eigenvalue weighted by atomic mass is 9.98. The quantitative estimate of drug-likeness (QED) is 0.901. The minimum Gasteiger partial charge on any atom is -0.374 e. The van der Waals surface area contributed by atoms with Crippen molar-refractivity contribution in [1.82, 2.24) is 10.2 Å². The van der Waals surface area contributed by atoms with E-state index in [-0.39, 0.29) is 12.1 Å². The molecular formula is C16H26N2O. The first-order valence-electron chi connectivity index (χ1n) is 7.21. The van der Waals surface area contributed by atoms with Crippen molar-refractivity contribution in [3.05, 3.63) is 35.4 Å². The van der Waals surface area contributed by atoms with Gasteiger partial charge in [-0.2, -0.15) is 0 Å². The van der Waals surface area contributed by atoms with Crippen LogP contribution < -0.4 is 5.32 Å². The fourth-order valence-electron chi connectivity index (χ4n) is 2.80. The fourth-order valence-corrected chi connectivity index (χ4v) is 2.80. The zero-order valence-corrected chi connectivity index (χ0v) is 12.5. The summed E-state index contributed by atoms with van der Waals surface area (Å²) in [7, 11) is 2.02. The molecule has 1 aliphatic heterocycles. The summed E-state index contributed by atoms with van der Waals surface area (Å²) in [5.74, 6) is 0. The zero-order valence-electron chi connectivity index (χ0n) is 12.5. The van der Waals surface area contributed by atoms with Gasteiger partial charge in [0, 0.05) is 19.1 Å². The number of likely N-dealkylation sites (N-methyl/N-ethyl adjacent to an activating group) is 1. The van der Waals surface area contributed by atoms with Gasteiger partial charge in [0.15, 0.2) is 0 Å². The monoisotopic (exact) mass is 262 g/mol. The summed E-state index contributed by atoms with van der Waals surface area (Å²) in [5.41, 5.74) is 2.62. The van der Waals surface area contributed by atoms with Gasteiger partial charge in [-0.25, -0.2) is 0 Å². The summed E-state index contributed by atoms with van der Waals surface area (Å²) in [6, 6.07) is 9.55. The van der Waals surface area contributed by atoms with Crippen LogP contribution in [-0.4, -0.2) is 43.8 Å². The Morgan fingerprint density at radius 3 is 2.79 bits per heavy atom. The molecule has 1 fully saturated rings. The van der Waals surface area contributed by atoms with Crippen molar-refractivity contribution in [2.75, 3.05) is 26.7 Å². The van der Waals surface area contributed by atoms with Gasteiger partial charge in [-0.15, -0.1) is 0 Å². The first-order chi connectivity index (χ1) is 9.11. The van der Waals surface area contributed by atoms with E-state index in [0.717, 1.165) is 19.7 Å². The van der Waals surface area contributed by atoms with Crippen LogP contribution >= 0.6 is 0 Å². The minimum atomic E-state index is 0.225. The van der Waals surface area contributed by atoms with Gasteiger partial charge in [0.25, 0.3) is 0 Å². The third kappa shape index (κ3) is 3.56. The largest absolute Gasteiger partial charge is 0.374 e. The molecule has 1 aliphatic rings. The molecule has 3 heteroatoms. The van der Waals surface area contributed by atoms with Crippen molar-refractivity contribution in [2.45, 2.75) is 39.0 Å². The smallest absolute Gasteiger partial charge is 0.0896 e. The van der Waals surface area contributed by atoms with E-state index in [0.29, 0.717) is 6.04 Å². The number of aryl methyl sites for hydroxylation is 1. The molecule has 0 amide bonds. The van der Waals surface area contributed by atoms with E-state index in [9.17, 15) is 0 Å². The second-order valence-electron chi connectivity index (χ2n) is 5.68. The van der Waals surface area contributed by atoms with E-state index < -0.39 is 0 Å². The summed E-state index contributed by atoms with van der Waals surface area (Å²) in [4.78, 5) is 2.49. The lowest BCUT2D eigenvalue weighted by molar-refractivity contribution is -0.0550. The molecule has 1 aromatic rings. The molecule has 1 saturated heterocycles. The number of hydrogen-bond acceptors (Lipinski definition) is 3. The lowest BCUT2D eigenvalue weighted by Crippen LogP contribution is -2.49. The number of nitrogens with zero attached hydrogens (tertiary/aromatic N) is 1. The van der Waals surface area contributed by atoms with E-state index in [4.69, 9.17) is 4.74 Å². The SMILES string of the molecule is CNC(c1cccc(C)c1)C1CN(C(C)C)CCO1. The maximum Gasteiger partial charge on any atom is 0.0896 e. The molecule has 106 valence electrons. The summed E-state index contributed by atoms with van der Waals surface area (Å²) < 4.78 is 6.00. The average Bonchev–Trinajstić information content (AvgIpc) is 2.40. The summed E-state index contributed by atoms with van der Waals surface area (Å²) in [6.07, 6.45) is 0.225. The number of ether oxygens (including phenoxy) is 1. The second kappa shape index (κ2) is 6.51. The Hall–Kier alpha value is -0.900. The summed E-state index contributed by atoms with van der Waals surface area (Å²) >= 11 is 0. The molecular weight excluding hydrogens is 236 g/mol. The molecule has 1 N–H and O–H groups in total. The van der Waals surface area contributed by atoms with Crippen molar-refractivity contribution in [1.29, 1.82) is 0 Å². The molecule has 0 aliphatic carbocycles. The fraction of sp³-hybridized carbons (Fsp3) is 0.625. The number of rotatable bonds is 4. The molecule has 2 unspecified atom stereocenters. The first kappa shape index (κ1) is 14.5. The third-order valence-corrected chi connectivity index (χ3v) is 3.94. The highest BCUT2D eigenvalue weighted by Crippen LogP contribution is 2.23. The Bertz CT molecular complexity index is 405. The van der Waals surface area contributed by atoms with Crippen LogP contribution in [0.5, 0.6) is 0 Å². The molecule has 3 nitrogen and oxygen atoms in total. The van der Waals surface area contributed by atoms with E-state index in [1.807, 2.05) is 7.05 Å². The maximum atomic E-state index is 6.00. The number of hydrogen-bond donors (Lipinski definition) is 1. The van der Waals surface area contributed by atoms with Crippen molar-refractivity contribution in [2.24, 2.45) is 0 Å². The van der Waals surface area contributed by atoms with Gasteiger partial charge in [0.2, 0.25) is 0 Å². The predicted octanol–water partition coefficient (Wildman–Crippen LogP) is 2.36. The van der Waals surface area contributed by atoms with Crippen LogP contribution in [0.3, 0.4) is 0 Å². The second-order valence-corrected chi connectivity index (χ2v) is 5.68. The highest BCUT2D eigenvalue weighted by Gasteiger charge is 2.29. The van der Waals surface area contributed by atoms with Crippen LogP contribution in [0, 0.1) is 6.92 Å². The highest BCUT2D eigenvalue weighted by molar-refractivity contribution is 5.26. The van der Waals surface area contributed by atoms with Crippen molar-refractivity contribution in [3.8, 4) is 0 Å². The molecule has 1 aromatic carbocycles. The van der Waals surface area contributed by atoms with Gasteiger partial charge in [-0.1, -0.05) is 29.8 Å². The molecule has 2 rings (SSSR count). The van der Waals surface area contributed by atoms with Crippen LogP contribution in [0.2, 0.25) is 0 Å². The Balaban J connectivity index is 2.13. The minimum absolute atomic E-state index is 0.225. The van der Waals surface area contributed by atoms with Gasteiger partial charge < -0.3 is 10.1 Å². The zero-order chi connectivity index (χ0) is 13.8. The van der Waals surface area contributed by atoms with E-state index in [2.05, 4.69) is 55.3 Å². The normalized spacial score (nSPS) is 22.7. The summed E-state index contributed by atoms with van der Waals surface area (Å²) in [6.45, 7) is 9.51. The first-order valence-corrected chi connectivity index (χ1v) is 7.21. The maximum absolute atomic E-state index is 6.00. The van der Waals surface area contributed by atoms with E-state index in [1.165, 1.54) is 11.1 Å². The Morgan fingerprint density at radius 2 is 2.16 bits per heavy atom. The van der Waals surface area contributed by atoms with Crippen molar-refractivity contribution >= 4 is 0 Å². The molecule has 0 aromatic heterocycles. The Labute approximate surface area is 116 Å². The van der Waals surface area contributed by atoms with Gasteiger partial charge in [-0.05, 0) is 33.4 Å². The van der Waals surface area contributed by atoms with Crippen LogP contribution in [0.4, 0.5) is 0 Å². The van der Waals surface area contributed by atoms with Crippen LogP contribution in [0.25, 0.3) is 0 Å². The van der Waals surface area contributed by atoms with E-state index >= 15 is 0 Å². The number of morpholine rings is 1. The van der Waals surface area contributed by atoms with Gasteiger partial charge in [0.1, 0.15) is 0 Å². The number of nitrogens with one attached hydrogen (secondary N) is 1. The van der Waals surface area contributed by atoms with Crippen LogP contribution in [0.15, 0.2) is 24.3 Å². The molecule has 0 bridgehead atoms. The Morgan fingerprint density at radius 1 is 1.37 bits per heavy atom. The Kier molecular flexibility index (Phi) is 4.97. The molecule has 2 atom stereocenters. The molecule has 0 radical (unpaired) electrons. The molecule has 0 spiro atoms. The molecule has 1 heterocycles. The van der Waals surface area contributed by atoms with Crippen molar-refractivity contribution < 1.29 is 4.74 Å². The third-order valence-electron chi connectivity index (χ3n) is 3.94. The highest BCUT2D eigenvalue weighted by atomic mass is 16.5. The molecule has 0 saturated carbocycles. The standard InChI is InChI=1S/C16H26N2O/c1-12(2)18-8-9-19-15(11-18)16(17-4)14-7-5-6-13(3)10-14/h5-7,10,12,15-17H,8-9,11H2,1-4H3. The predicted molar refractivity (Wildman–Crippen MR) is 79.4 cm³/mol. The van der Waals surface area contributed by atoms with Gasteiger partial charge in [0.05, 0.1) is 18.8 Å². The van der Waals surface area contributed by atoms with Crippen LogP contribution in [-0.2, 0) is 4.74 Å². The topological polar surface area (TPSA) is 24.5 Å².